The lowest BCUT2D eigenvalue weighted by molar-refractivity contribution is -0.143. The molecule has 2 aromatic rings. The summed E-state index contributed by atoms with van der Waals surface area (Å²) in [6.45, 7) is 0.915. The molecule has 6 nitrogen and oxygen atoms in total. The van der Waals surface area contributed by atoms with Crippen molar-refractivity contribution in [2.24, 2.45) is 0 Å². The van der Waals surface area contributed by atoms with Crippen LogP contribution in [-0.4, -0.2) is 53.2 Å². The van der Waals surface area contributed by atoms with E-state index in [1.807, 2.05) is 0 Å². The molecule has 0 aliphatic heterocycles. The zero-order valence-corrected chi connectivity index (χ0v) is 14.6. The van der Waals surface area contributed by atoms with Gasteiger partial charge in [-0.2, -0.15) is 13.2 Å². The van der Waals surface area contributed by atoms with Crippen LogP contribution in [0.3, 0.4) is 0 Å². The van der Waals surface area contributed by atoms with Crippen LogP contribution in [0.2, 0.25) is 0 Å². The molecule has 9 heteroatoms. The predicted octanol–water partition coefficient (Wildman–Crippen LogP) is 1.71. The molecule has 0 fully saturated rings. The van der Waals surface area contributed by atoms with Crippen molar-refractivity contribution in [2.45, 2.75) is 26.1 Å². The molecule has 0 atom stereocenters. The summed E-state index contributed by atoms with van der Waals surface area (Å²) in [6.07, 6.45) is -3.86. The number of fused-ring (bicyclic) bond motifs is 1. The number of aromatic nitrogens is 2. The number of alkyl halides is 3. The normalized spacial score (nSPS) is 11.9. The maximum Gasteiger partial charge on any atom is 0.401 e. The largest absolute Gasteiger partial charge is 0.401 e. The first-order chi connectivity index (χ1) is 12.2. The average molecular weight is 370 g/mol. The number of hydrogen-bond donors (Lipinski definition) is 1. The van der Waals surface area contributed by atoms with Crippen LogP contribution in [0.15, 0.2) is 29.1 Å². The summed E-state index contributed by atoms with van der Waals surface area (Å²) in [6, 6.07) is 6.88. The Morgan fingerprint density at radius 1 is 1.31 bits per heavy atom. The lowest BCUT2D eigenvalue weighted by Crippen LogP contribution is -2.36. The van der Waals surface area contributed by atoms with E-state index in [4.69, 9.17) is 0 Å². The van der Waals surface area contributed by atoms with E-state index < -0.39 is 12.7 Å². The van der Waals surface area contributed by atoms with Crippen LogP contribution in [0.25, 0.3) is 10.9 Å². The Labute approximate surface area is 148 Å². The Morgan fingerprint density at radius 3 is 2.69 bits per heavy atom. The molecule has 0 saturated heterocycles. The lowest BCUT2D eigenvalue weighted by Gasteiger charge is -2.18. The van der Waals surface area contributed by atoms with Crippen molar-refractivity contribution in [1.29, 1.82) is 0 Å². The molecule has 0 unspecified atom stereocenters. The number of nitrogens with zero attached hydrogens (tertiary/aromatic N) is 3. The molecule has 0 bridgehead atoms. The van der Waals surface area contributed by atoms with Crippen molar-refractivity contribution in [2.75, 3.05) is 26.7 Å². The van der Waals surface area contributed by atoms with Crippen molar-refractivity contribution < 1.29 is 18.0 Å². The third-order valence-corrected chi connectivity index (χ3v) is 3.84. The minimum absolute atomic E-state index is 0.180. The van der Waals surface area contributed by atoms with Crippen LogP contribution in [0, 0.1) is 6.92 Å². The minimum atomic E-state index is -4.24. The highest BCUT2D eigenvalue weighted by molar-refractivity contribution is 5.79. The number of para-hydroxylation sites is 1. The second kappa shape index (κ2) is 8.31. The molecule has 0 saturated carbocycles. The van der Waals surface area contributed by atoms with E-state index in [9.17, 15) is 22.8 Å². The van der Waals surface area contributed by atoms with Gasteiger partial charge in [0, 0.05) is 6.54 Å². The second-order valence-electron chi connectivity index (χ2n) is 6.12. The van der Waals surface area contributed by atoms with Gasteiger partial charge in [-0.3, -0.25) is 19.1 Å². The molecule has 1 aromatic carbocycles. The molecular weight excluding hydrogens is 349 g/mol. The first-order valence-corrected chi connectivity index (χ1v) is 8.15. The number of benzene rings is 1. The fourth-order valence-electron chi connectivity index (χ4n) is 2.63. The van der Waals surface area contributed by atoms with E-state index in [-0.39, 0.29) is 31.1 Å². The molecule has 26 heavy (non-hydrogen) atoms. The van der Waals surface area contributed by atoms with Gasteiger partial charge in [-0.1, -0.05) is 12.1 Å². The quantitative estimate of drug-likeness (QED) is 0.754. The summed E-state index contributed by atoms with van der Waals surface area (Å²) in [7, 11) is 1.37. The maximum absolute atomic E-state index is 12.5. The molecule has 0 spiro atoms. The highest BCUT2D eigenvalue weighted by Gasteiger charge is 2.28. The summed E-state index contributed by atoms with van der Waals surface area (Å²) in [5.41, 5.74) is 0.271. The first-order valence-electron chi connectivity index (χ1n) is 8.15. The van der Waals surface area contributed by atoms with Crippen molar-refractivity contribution in [3.63, 3.8) is 0 Å². The molecule has 0 radical (unpaired) electrons. The number of amides is 1. The van der Waals surface area contributed by atoms with Crippen LogP contribution in [0.4, 0.5) is 13.2 Å². The first kappa shape index (κ1) is 19.9. The molecule has 1 heterocycles. The number of carbonyl (C=O) groups is 1. The van der Waals surface area contributed by atoms with E-state index in [1.165, 1.54) is 11.6 Å². The van der Waals surface area contributed by atoms with E-state index >= 15 is 0 Å². The number of nitrogens with one attached hydrogen (secondary N) is 1. The van der Waals surface area contributed by atoms with Crippen LogP contribution < -0.4 is 10.9 Å². The number of halogens is 3. The summed E-state index contributed by atoms with van der Waals surface area (Å²) in [5, 5.41) is 3.05. The van der Waals surface area contributed by atoms with Crippen LogP contribution in [0.5, 0.6) is 0 Å². The zero-order valence-electron chi connectivity index (χ0n) is 14.6. The molecule has 0 aliphatic rings. The Morgan fingerprint density at radius 2 is 2.00 bits per heavy atom. The molecule has 142 valence electrons. The van der Waals surface area contributed by atoms with Gasteiger partial charge in [0.15, 0.2) is 0 Å². The topological polar surface area (TPSA) is 67.2 Å². The highest BCUT2D eigenvalue weighted by Crippen LogP contribution is 2.15. The predicted molar refractivity (Wildman–Crippen MR) is 91.9 cm³/mol. The van der Waals surface area contributed by atoms with Gasteiger partial charge in [0.05, 0.1) is 17.4 Å². The van der Waals surface area contributed by atoms with Gasteiger partial charge in [0.25, 0.3) is 5.56 Å². The summed E-state index contributed by atoms with van der Waals surface area (Å²) < 4.78 is 38.0. The monoisotopic (exact) mass is 370 g/mol. The molecule has 0 aliphatic carbocycles. The third kappa shape index (κ3) is 5.55. The van der Waals surface area contributed by atoms with Crippen LogP contribution in [-0.2, 0) is 11.3 Å². The van der Waals surface area contributed by atoms with E-state index in [0.717, 1.165) is 4.90 Å². The molecule has 2 rings (SSSR count). The fraction of sp³-hybridized carbons (Fsp3) is 0.471. The van der Waals surface area contributed by atoms with Crippen molar-refractivity contribution in [3.8, 4) is 0 Å². The number of rotatable bonds is 7. The summed E-state index contributed by atoms with van der Waals surface area (Å²) in [4.78, 5) is 30.0. The molecule has 1 aromatic heterocycles. The van der Waals surface area contributed by atoms with Gasteiger partial charge < -0.3 is 5.32 Å². The van der Waals surface area contributed by atoms with Crippen molar-refractivity contribution in [3.05, 3.63) is 40.4 Å². The number of hydrogen-bond acceptors (Lipinski definition) is 4. The Bertz CT molecular complexity index is 833. The SMILES string of the molecule is Cc1nc2ccccc2c(=O)n1CC(=O)NCCCN(C)CC(F)(F)F. The standard InChI is InChI=1S/C17H21F3N4O2/c1-12-22-14-7-4-3-6-13(14)16(26)24(12)10-15(25)21-8-5-9-23(2)11-17(18,19)20/h3-4,6-7H,5,8-11H2,1-2H3,(H,21,25). The van der Waals surface area contributed by atoms with Crippen LogP contribution in [0.1, 0.15) is 12.2 Å². The second-order valence-corrected chi connectivity index (χ2v) is 6.12. The molecular formula is C17H21F3N4O2. The van der Waals surface area contributed by atoms with Gasteiger partial charge in [-0.25, -0.2) is 4.98 Å². The minimum Gasteiger partial charge on any atom is -0.354 e. The maximum atomic E-state index is 12.5. The van der Waals surface area contributed by atoms with Crippen molar-refractivity contribution in [1.82, 2.24) is 19.8 Å². The van der Waals surface area contributed by atoms with E-state index in [0.29, 0.717) is 23.1 Å². The molecule has 1 N–H and O–H groups in total. The number of aryl methyl sites for hydroxylation is 1. The van der Waals surface area contributed by atoms with Gasteiger partial charge in [-0.15, -0.1) is 0 Å². The van der Waals surface area contributed by atoms with Crippen LogP contribution >= 0.6 is 0 Å². The third-order valence-electron chi connectivity index (χ3n) is 3.84. The average Bonchev–Trinajstić information content (AvgIpc) is 2.54. The summed E-state index contributed by atoms with van der Waals surface area (Å²) >= 11 is 0. The van der Waals surface area contributed by atoms with Gasteiger partial charge in [-0.05, 0) is 39.1 Å². The fourth-order valence-corrected chi connectivity index (χ4v) is 2.63. The lowest BCUT2D eigenvalue weighted by atomic mass is 10.2. The Hall–Kier alpha value is -2.42. The Kier molecular flexibility index (Phi) is 6.36. The van der Waals surface area contributed by atoms with Gasteiger partial charge in [0.1, 0.15) is 12.4 Å². The van der Waals surface area contributed by atoms with E-state index in [2.05, 4.69) is 10.3 Å². The summed E-state index contributed by atoms with van der Waals surface area (Å²) in [5.74, 6) is 0.0412. The number of carbonyl (C=O) groups excluding carboxylic acids is 1. The molecule has 1 amide bonds. The Balaban J connectivity index is 1.89. The zero-order chi connectivity index (χ0) is 19.3. The smallest absolute Gasteiger partial charge is 0.354 e. The van der Waals surface area contributed by atoms with Gasteiger partial charge >= 0.3 is 6.18 Å². The van der Waals surface area contributed by atoms with Gasteiger partial charge in [0.2, 0.25) is 5.91 Å². The highest BCUT2D eigenvalue weighted by atomic mass is 19.4. The van der Waals surface area contributed by atoms with Crippen molar-refractivity contribution >= 4 is 16.8 Å². The van der Waals surface area contributed by atoms with E-state index in [1.54, 1.807) is 31.2 Å².